The van der Waals surface area contributed by atoms with E-state index in [0.29, 0.717) is 41.5 Å². The second-order valence-electron chi connectivity index (χ2n) is 7.38. The fourth-order valence-electron chi connectivity index (χ4n) is 4.94. The number of methoxy groups -OCH3 is 2. The Bertz CT molecular complexity index is 579. The molecule has 0 amide bonds. The zero-order valence-electron chi connectivity index (χ0n) is 14.5. The largest absolute Gasteiger partial charge is 0.497 e. The smallest absolute Gasteiger partial charge is 0.122 e. The van der Waals surface area contributed by atoms with E-state index < -0.39 is 6.10 Å². The molecule has 4 rings (SSSR count). The summed E-state index contributed by atoms with van der Waals surface area (Å²) in [5.41, 5.74) is 1.16. The number of aliphatic hydroxyl groups excluding tert-OH is 1. The van der Waals surface area contributed by atoms with Crippen LogP contribution in [0.5, 0.6) is 11.5 Å². The molecule has 1 saturated heterocycles. The van der Waals surface area contributed by atoms with Gasteiger partial charge >= 0.3 is 0 Å². The Labute approximate surface area is 143 Å². The molecule has 5 nitrogen and oxygen atoms in total. The summed E-state index contributed by atoms with van der Waals surface area (Å²) in [6.07, 6.45) is 4.85. The van der Waals surface area contributed by atoms with Crippen LogP contribution in [0.2, 0.25) is 0 Å². The standard InChI is InChI=1S/C19H27NO4/c1-22-13-8-12(9-14(10-13)23-2)16(21)11-20-17-15-4-7-24-18(15)19(17)5-3-6-19/h8-10,15-18,20-21H,3-7,11H2,1-2H3. The lowest BCUT2D eigenvalue weighted by molar-refractivity contribution is -0.177. The number of nitrogens with one attached hydrogen (secondary N) is 1. The highest BCUT2D eigenvalue weighted by atomic mass is 16.5. The molecule has 1 aliphatic heterocycles. The van der Waals surface area contributed by atoms with Crippen molar-refractivity contribution in [1.82, 2.24) is 5.32 Å². The zero-order chi connectivity index (χ0) is 16.7. The summed E-state index contributed by atoms with van der Waals surface area (Å²) in [6.45, 7) is 1.44. The summed E-state index contributed by atoms with van der Waals surface area (Å²) >= 11 is 0. The van der Waals surface area contributed by atoms with Crippen LogP contribution in [-0.4, -0.2) is 44.6 Å². The van der Waals surface area contributed by atoms with Crippen molar-refractivity contribution in [3.05, 3.63) is 23.8 Å². The highest BCUT2D eigenvalue weighted by molar-refractivity contribution is 5.39. The second-order valence-corrected chi connectivity index (χ2v) is 7.38. The Kier molecular flexibility index (Phi) is 4.19. The number of hydrogen-bond acceptors (Lipinski definition) is 5. The van der Waals surface area contributed by atoms with Gasteiger partial charge in [0.05, 0.1) is 26.4 Å². The van der Waals surface area contributed by atoms with Gasteiger partial charge in [-0.1, -0.05) is 6.42 Å². The molecular formula is C19H27NO4. The summed E-state index contributed by atoms with van der Waals surface area (Å²) in [6, 6.07) is 6.05. The topological polar surface area (TPSA) is 60.0 Å². The summed E-state index contributed by atoms with van der Waals surface area (Å²) in [7, 11) is 3.25. The van der Waals surface area contributed by atoms with Crippen molar-refractivity contribution in [3.8, 4) is 11.5 Å². The highest BCUT2D eigenvalue weighted by Crippen LogP contribution is 2.62. The first kappa shape index (κ1) is 16.2. The molecule has 132 valence electrons. The molecule has 1 spiro atoms. The van der Waals surface area contributed by atoms with Gasteiger partial charge in [0.1, 0.15) is 11.5 Å². The molecule has 3 aliphatic rings. The molecule has 3 fully saturated rings. The van der Waals surface area contributed by atoms with E-state index in [4.69, 9.17) is 14.2 Å². The molecule has 0 bridgehead atoms. The van der Waals surface area contributed by atoms with Crippen molar-refractivity contribution >= 4 is 0 Å². The van der Waals surface area contributed by atoms with E-state index >= 15 is 0 Å². The number of hydrogen-bond donors (Lipinski definition) is 2. The van der Waals surface area contributed by atoms with Crippen LogP contribution in [0, 0.1) is 11.3 Å². The quantitative estimate of drug-likeness (QED) is 0.836. The van der Waals surface area contributed by atoms with Gasteiger partial charge in [-0.25, -0.2) is 0 Å². The minimum atomic E-state index is -0.576. The number of benzene rings is 1. The predicted octanol–water partition coefficient (Wildman–Crippen LogP) is 2.28. The van der Waals surface area contributed by atoms with Crippen molar-refractivity contribution in [2.45, 2.75) is 43.9 Å². The molecule has 1 heterocycles. The van der Waals surface area contributed by atoms with Gasteiger partial charge in [-0.2, -0.15) is 0 Å². The maximum Gasteiger partial charge on any atom is 0.122 e. The van der Waals surface area contributed by atoms with Gasteiger partial charge in [0, 0.05) is 36.6 Å². The minimum Gasteiger partial charge on any atom is -0.497 e. The monoisotopic (exact) mass is 333 g/mol. The summed E-state index contributed by atoms with van der Waals surface area (Å²) < 4.78 is 16.5. The molecule has 24 heavy (non-hydrogen) atoms. The predicted molar refractivity (Wildman–Crippen MR) is 90.4 cm³/mol. The van der Waals surface area contributed by atoms with Crippen molar-refractivity contribution in [1.29, 1.82) is 0 Å². The Morgan fingerprint density at radius 1 is 1.25 bits per heavy atom. The minimum absolute atomic E-state index is 0.340. The Morgan fingerprint density at radius 2 is 1.96 bits per heavy atom. The van der Waals surface area contributed by atoms with Gasteiger partial charge < -0.3 is 24.6 Å². The lowest BCUT2D eigenvalue weighted by Crippen LogP contribution is -2.71. The third-order valence-electron chi connectivity index (χ3n) is 6.33. The fourth-order valence-corrected chi connectivity index (χ4v) is 4.94. The van der Waals surface area contributed by atoms with Gasteiger partial charge in [-0.3, -0.25) is 0 Å². The fraction of sp³-hybridized carbons (Fsp3) is 0.684. The third kappa shape index (κ3) is 2.41. The zero-order valence-corrected chi connectivity index (χ0v) is 14.5. The van der Waals surface area contributed by atoms with Crippen LogP contribution < -0.4 is 14.8 Å². The van der Waals surface area contributed by atoms with E-state index in [1.807, 2.05) is 18.2 Å². The SMILES string of the molecule is COc1cc(OC)cc(C(O)CNC2C3CCOC3C23CCC3)c1. The van der Waals surface area contributed by atoms with Crippen molar-refractivity contribution in [3.63, 3.8) is 0 Å². The average Bonchev–Trinajstić information content (AvgIpc) is 2.97. The van der Waals surface area contributed by atoms with Crippen LogP contribution in [0.1, 0.15) is 37.4 Å². The molecular weight excluding hydrogens is 306 g/mol. The Balaban J connectivity index is 1.42. The number of rotatable bonds is 6. The summed E-state index contributed by atoms with van der Waals surface area (Å²) in [4.78, 5) is 0. The van der Waals surface area contributed by atoms with Crippen molar-refractivity contribution in [2.24, 2.45) is 11.3 Å². The first-order valence-corrected chi connectivity index (χ1v) is 8.94. The lowest BCUT2D eigenvalue weighted by atomic mass is 9.46. The van der Waals surface area contributed by atoms with Crippen LogP contribution >= 0.6 is 0 Å². The lowest BCUT2D eigenvalue weighted by Gasteiger charge is -2.63. The van der Waals surface area contributed by atoms with Gasteiger partial charge in [-0.15, -0.1) is 0 Å². The number of ether oxygens (including phenoxy) is 3. The molecule has 0 aromatic heterocycles. The molecule has 2 aliphatic carbocycles. The first-order chi connectivity index (χ1) is 11.7. The van der Waals surface area contributed by atoms with E-state index in [-0.39, 0.29) is 0 Å². The summed E-state index contributed by atoms with van der Waals surface area (Å²) in [5.74, 6) is 2.02. The molecule has 1 aromatic carbocycles. The number of fused-ring (bicyclic) bond motifs is 2. The second kappa shape index (κ2) is 6.21. The maximum atomic E-state index is 10.6. The van der Waals surface area contributed by atoms with E-state index in [9.17, 15) is 5.11 Å². The maximum absolute atomic E-state index is 10.6. The van der Waals surface area contributed by atoms with Gasteiger partial charge in [0.2, 0.25) is 0 Å². The highest BCUT2D eigenvalue weighted by Gasteiger charge is 2.66. The Hall–Kier alpha value is -1.30. The van der Waals surface area contributed by atoms with Crippen LogP contribution in [0.25, 0.3) is 0 Å². The molecule has 4 atom stereocenters. The van der Waals surface area contributed by atoms with Crippen LogP contribution in [0.15, 0.2) is 18.2 Å². The van der Waals surface area contributed by atoms with Crippen molar-refractivity contribution < 1.29 is 19.3 Å². The molecule has 1 aromatic rings. The molecule has 2 saturated carbocycles. The first-order valence-electron chi connectivity index (χ1n) is 8.94. The third-order valence-corrected chi connectivity index (χ3v) is 6.33. The van der Waals surface area contributed by atoms with Gasteiger partial charge in [0.15, 0.2) is 0 Å². The molecule has 2 N–H and O–H groups in total. The van der Waals surface area contributed by atoms with E-state index in [1.54, 1.807) is 14.2 Å². The van der Waals surface area contributed by atoms with E-state index in [0.717, 1.165) is 18.6 Å². The van der Waals surface area contributed by atoms with Crippen LogP contribution in [0.4, 0.5) is 0 Å². The molecule has 5 heteroatoms. The van der Waals surface area contributed by atoms with Gasteiger partial charge in [0.25, 0.3) is 0 Å². The van der Waals surface area contributed by atoms with Crippen LogP contribution in [0.3, 0.4) is 0 Å². The average molecular weight is 333 g/mol. The Morgan fingerprint density at radius 3 is 2.54 bits per heavy atom. The van der Waals surface area contributed by atoms with E-state index in [2.05, 4.69) is 5.32 Å². The number of aliphatic hydroxyl groups is 1. The van der Waals surface area contributed by atoms with Crippen LogP contribution in [-0.2, 0) is 4.74 Å². The van der Waals surface area contributed by atoms with Gasteiger partial charge in [-0.05, 0) is 37.0 Å². The van der Waals surface area contributed by atoms with E-state index in [1.165, 1.54) is 19.3 Å². The molecule has 0 radical (unpaired) electrons. The van der Waals surface area contributed by atoms with Crippen molar-refractivity contribution in [2.75, 3.05) is 27.4 Å². The summed E-state index contributed by atoms with van der Waals surface area (Å²) in [5, 5.41) is 14.3. The normalized spacial score (nSPS) is 31.0. The molecule has 4 unspecified atom stereocenters.